The van der Waals surface area contributed by atoms with Crippen LogP contribution in [0.15, 0.2) is 36.5 Å². The fourth-order valence-electron chi connectivity index (χ4n) is 0.956. The summed E-state index contributed by atoms with van der Waals surface area (Å²) in [7, 11) is 0. The SMILES string of the molecule is [Zn+][Br].[c-]1ccc2ncccc2c1. The Hall–Kier alpha value is -0.267. The van der Waals surface area contributed by atoms with Gasteiger partial charge in [-0.3, -0.25) is 4.98 Å². The van der Waals surface area contributed by atoms with Crippen molar-refractivity contribution in [1.82, 2.24) is 4.98 Å². The summed E-state index contributed by atoms with van der Waals surface area (Å²) in [5, 5.41) is 1.14. The topological polar surface area (TPSA) is 12.9 Å². The number of fused-ring (bicyclic) bond motifs is 1. The van der Waals surface area contributed by atoms with E-state index in [4.69, 9.17) is 0 Å². The number of halogens is 1. The summed E-state index contributed by atoms with van der Waals surface area (Å²) in [6.07, 6.45) is 1.79. The molecule has 0 spiro atoms. The molecule has 0 aliphatic heterocycles. The maximum absolute atomic E-state index is 4.16. The zero-order chi connectivity index (χ0) is 8.81. The van der Waals surface area contributed by atoms with Crippen LogP contribution in [0.1, 0.15) is 0 Å². The Morgan fingerprint density at radius 3 is 2.92 bits per heavy atom. The molecule has 1 aromatic heterocycles. The molecule has 2 aromatic rings. The van der Waals surface area contributed by atoms with Gasteiger partial charge in [-0.2, -0.15) is 18.2 Å². The van der Waals surface area contributed by atoms with Crippen molar-refractivity contribution in [3.8, 4) is 0 Å². The van der Waals surface area contributed by atoms with Gasteiger partial charge in [-0.15, -0.1) is 17.5 Å². The molecule has 0 N–H and O–H groups in total. The van der Waals surface area contributed by atoms with E-state index in [9.17, 15) is 0 Å². The molecule has 0 radical (unpaired) electrons. The van der Waals surface area contributed by atoms with Crippen molar-refractivity contribution < 1.29 is 16.3 Å². The van der Waals surface area contributed by atoms with Gasteiger partial charge in [0.1, 0.15) is 0 Å². The summed E-state index contributed by atoms with van der Waals surface area (Å²) >= 11 is 4.25. The molecule has 56 valence electrons. The first-order chi connectivity index (χ1) is 5.97. The Morgan fingerprint density at radius 2 is 2.17 bits per heavy atom. The predicted octanol–water partition coefficient (Wildman–Crippen LogP) is 2.88. The summed E-state index contributed by atoms with van der Waals surface area (Å²) in [4.78, 5) is 4.16. The molecule has 0 saturated carbocycles. The zero-order valence-corrected chi connectivity index (χ0v) is 11.0. The maximum Gasteiger partial charge on any atom is 0.0239 e. The number of benzene rings is 1. The molecule has 0 amide bonds. The van der Waals surface area contributed by atoms with Crippen LogP contribution in [0.2, 0.25) is 0 Å². The smallest absolute Gasteiger partial charge is 0.0239 e. The first-order valence-electron chi connectivity index (χ1n) is 3.44. The van der Waals surface area contributed by atoms with E-state index in [1.165, 1.54) is 16.3 Å². The van der Waals surface area contributed by atoms with Crippen LogP contribution in [0, 0.1) is 6.07 Å². The van der Waals surface area contributed by atoms with Crippen LogP contribution in [-0.4, -0.2) is 4.98 Å². The molecular formula is C9H6BrNZn. The van der Waals surface area contributed by atoms with E-state index in [0.717, 1.165) is 10.9 Å². The number of rotatable bonds is 0. The summed E-state index contributed by atoms with van der Waals surface area (Å²) in [5.41, 5.74) is 1.03. The Morgan fingerprint density at radius 1 is 1.33 bits per heavy atom. The van der Waals surface area contributed by atoms with Gasteiger partial charge in [-0.1, -0.05) is 6.07 Å². The number of aromatic nitrogens is 1. The van der Waals surface area contributed by atoms with Crippen LogP contribution in [0.4, 0.5) is 0 Å². The third-order valence-corrected chi connectivity index (χ3v) is 1.45. The van der Waals surface area contributed by atoms with E-state index < -0.39 is 0 Å². The van der Waals surface area contributed by atoms with Crippen LogP contribution in [-0.2, 0) is 16.3 Å². The zero-order valence-electron chi connectivity index (χ0n) is 6.50. The van der Waals surface area contributed by atoms with Crippen molar-refractivity contribution in [2.24, 2.45) is 0 Å². The molecule has 12 heavy (non-hydrogen) atoms. The second-order valence-corrected chi connectivity index (χ2v) is 2.12. The molecular weight excluding hydrogens is 267 g/mol. The van der Waals surface area contributed by atoms with Gasteiger partial charge in [0, 0.05) is 6.20 Å². The molecule has 0 bridgehead atoms. The van der Waals surface area contributed by atoms with Crippen LogP contribution in [0.5, 0.6) is 0 Å². The fourth-order valence-corrected chi connectivity index (χ4v) is 0.956. The van der Waals surface area contributed by atoms with Crippen LogP contribution >= 0.6 is 13.6 Å². The Kier molecular flexibility index (Phi) is 4.41. The molecule has 0 atom stereocenters. The van der Waals surface area contributed by atoms with Crippen LogP contribution in [0.3, 0.4) is 0 Å². The minimum Gasteiger partial charge on any atom is -0.283 e. The first kappa shape index (κ1) is 9.82. The van der Waals surface area contributed by atoms with Crippen molar-refractivity contribution in [1.29, 1.82) is 0 Å². The third-order valence-electron chi connectivity index (χ3n) is 1.45. The molecule has 1 nitrogen and oxygen atoms in total. The second kappa shape index (κ2) is 5.39. The van der Waals surface area contributed by atoms with Crippen LogP contribution in [0.25, 0.3) is 10.9 Å². The number of pyridine rings is 1. The van der Waals surface area contributed by atoms with E-state index in [1.54, 1.807) is 6.20 Å². The summed E-state index contributed by atoms with van der Waals surface area (Å²) in [5.74, 6) is 0. The van der Waals surface area contributed by atoms with Gasteiger partial charge in [0.05, 0.1) is 0 Å². The van der Waals surface area contributed by atoms with E-state index in [0.29, 0.717) is 0 Å². The van der Waals surface area contributed by atoms with Crippen molar-refractivity contribution in [2.45, 2.75) is 0 Å². The van der Waals surface area contributed by atoms with Gasteiger partial charge in [-0.25, -0.2) is 0 Å². The first-order valence-corrected chi connectivity index (χ1v) is 10.4. The summed E-state index contributed by atoms with van der Waals surface area (Å²) in [6, 6.07) is 12.7. The molecule has 2 rings (SSSR count). The quantitative estimate of drug-likeness (QED) is 0.531. The number of nitrogens with zero attached hydrogens (tertiary/aromatic N) is 1. The van der Waals surface area contributed by atoms with Gasteiger partial charge >= 0.3 is 30.0 Å². The summed E-state index contributed by atoms with van der Waals surface area (Å²) < 4.78 is 0. The van der Waals surface area contributed by atoms with Crippen molar-refractivity contribution >= 4 is 24.5 Å². The van der Waals surface area contributed by atoms with Gasteiger partial charge in [0.25, 0.3) is 0 Å². The standard InChI is InChI=1S/C9H6N.BrH.Zn/c1-2-6-9-8(4-1)5-3-7-10-9;;/h2-7H;1H;/q-1;;+2/p-1. The van der Waals surface area contributed by atoms with Gasteiger partial charge in [-0.05, 0) is 5.52 Å². The fraction of sp³-hybridized carbons (Fsp3) is 0. The molecule has 1 heterocycles. The molecule has 0 saturated heterocycles. The Labute approximate surface area is 88.2 Å². The molecule has 1 aromatic carbocycles. The monoisotopic (exact) mass is 271 g/mol. The Balaban J connectivity index is 0.000000336. The third kappa shape index (κ3) is 2.36. The van der Waals surface area contributed by atoms with Gasteiger partial charge < -0.3 is 0 Å². The predicted molar refractivity (Wildman–Crippen MR) is 49.5 cm³/mol. The minimum atomic E-state index is 1.03. The molecule has 3 heteroatoms. The normalized spacial score (nSPS) is 8.92. The van der Waals surface area contributed by atoms with E-state index in [-0.39, 0.29) is 0 Å². The number of hydrogen-bond acceptors (Lipinski definition) is 1. The van der Waals surface area contributed by atoms with Crippen molar-refractivity contribution in [2.75, 3.05) is 0 Å². The largest absolute Gasteiger partial charge is 0.283 e. The molecule has 0 aliphatic rings. The molecule has 0 aliphatic carbocycles. The minimum absolute atomic E-state index is 1.03. The van der Waals surface area contributed by atoms with E-state index in [2.05, 4.69) is 24.7 Å². The van der Waals surface area contributed by atoms with Crippen molar-refractivity contribution in [3.05, 3.63) is 42.6 Å². The molecule has 0 fully saturated rings. The Bertz CT molecular complexity index is 286. The van der Waals surface area contributed by atoms with Gasteiger partial charge in [0.2, 0.25) is 0 Å². The average Bonchev–Trinajstić information content (AvgIpc) is 2.21. The number of hydrogen-bond donors (Lipinski definition) is 0. The van der Waals surface area contributed by atoms with E-state index in [1.807, 2.05) is 30.3 Å². The van der Waals surface area contributed by atoms with Gasteiger partial charge in [0.15, 0.2) is 0 Å². The second-order valence-electron chi connectivity index (χ2n) is 2.12. The van der Waals surface area contributed by atoms with Crippen LogP contribution < -0.4 is 0 Å². The maximum atomic E-state index is 4.16. The van der Waals surface area contributed by atoms with E-state index >= 15 is 0 Å². The van der Waals surface area contributed by atoms with Crippen molar-refractivity contribution in [3.63, 3.8) is 0 Å². The average molecular weight is 273 g/mol. The molecule has 0 unspecified atom stereocenters. The summed E-state index contributed by atoms with van der Waals surface area (Å²) in [6.45, 7) is 0.